The minimum Gasteiger partial charge on any atom is -0.349 e. The normalized spacial score (nSPS) is 17.2. The summed E-state index contributed by atoms with van der Waals surface area (Å²) in [6, 6.07) is 5.65. The Morgan fingerprint density at radius 1 is 1.22 bits per heavy atom. The molecular weight excluding hydrogens is 314 g/mol. The second-order valence-corrected chi connectivity index (χ2v) is 6.11. The first kappa shape index (κ1) is 13.9. The molecule has 1 aliphatic rings. The van der Waals surface area contributed by atoms with Gasteiger partial charge in [0.05, 0.1) is 10.6 Å². The average Bonchev–Trinajstić information content (AvgIpc) is 2.61. The third-order valence-electron chi connectivity index (χ3n) is 3.36. The molecule has 1 saturated carbocycles. The van der Waals surface area contributed by atoms with Gasteiger partial charge in [0.1, 0.15) is 0 Å². The van der Waals surface area contributed by atoms with Gasteiger partial charge in [-0.15, -0.1) is 0 Å². The fourth-order valence-corrected chi connectivity index (χ4v) is 2.92. The largest absolute Gasteiger partial charge is 0.349 e. The maximum absolute atomic E-state index is 12.2. The summed E-state index contributed by atoms with van der Waals surface area (Å²) in [7, 11) is 0. The van der Waals surface area contributed by atoms with Gasteiger partial charge in [0.15, 0.2) is 0 Å². The Morgan fingerprint density at radius 3 is 2.56 bits per heavy atom. The first-order valence-corrected chi connectivity index (χ1v) is 7.60. The monoisotopic (exact) mass is 329 g/mol. The SMILES string of the molecule is O=C(NC1CCCCCC1)c1cc(Br)ccc1Cl. The van der Waals surface area contributed by atoms with E-state index < -0.39 is 0 Å². The Labute approximate surface area is 121 Å². The predicted octanol–water partition coefficient (Wildman–Crippen LogP) is 4.56. The van der Waals surface area contributed by atoms with Gasteiger partial charge in [-0.05, 0) is 31.0 Å². The highest BCUT2D eigenvalue weighted by Crippen LogP contribution is 2.22. The summed E-state index contributed by atoms with van der Waals surface area (Å²) in [5.74, 6) is -0.0619. The molecule has 0 saturated heterocycles. The lowest BCUT2D eigenvalue weighted by molar-refractivity contribution is 0.0933. The number of hydrogen-bond acceptors (Lipinski definition) is 1. The number of hydrogen-bond donors (Lipinski definition) is 1. The van der Waals surface area contributed by atoms with E-state index in [1.165, 1.54) is 25.7 Å². The molecule has 1 N–H and O–H groups in total. The molecule has 0 atom stereocenters. The average molecular weight is 331 g/mol. The maximum Gasteiger partial charge on any atom is 0.253 e. The molecule has 18 heavy (non-hydrogen) atoms. The predicted molar refractivity (Wildman–Crippen MR) is 78.1 cm³/mol. The second-order valence-electron chi connectivity index (χ2n) is 4.79. The maximum atomic E-state index is 12.2. The standard InChI is InChI=1S/C14H17BrClNO/c15-10-7-8-13(16)12(9-10)14(18)17-11-5-3-1-2-4-6-11/h7-9,11H,1-6H2,(H,17,18). The molecule has 0 heterocycles. The van der Waals surface area contributed by atoms with Crippen LogP contribution in [0.2, 0.25) is 5.02 Å². The van der Waals surface area contributed by atoms with Gasteiger partial charge in [0.25, 0.3) is 5.91 Å². The van der Waals surface area contributed by atoms with Gasteiger partial charge in [-0.1, -0.05) is 53.2 Å². The molecule has 1 aromatic rings. The second kappa shape index (κ2) is 6.58. The number of nitrogens with one attached hydrogen (secondary N) is 1. The van der Waals surface area contributed by atoms with Gasteiger partial charge >= 0.3 is 0 Å². The number of benzene rings is 1. The quantitative estimate of drug-likeness (QED) is 0.792. The van der Waals surface area contributed by atoms with E-state index in [9.17, 15) is 4.79 Å². The molecule has 4 heteroatoms. The molecule has 1 aliphatic carbocycles. The molecule has 2 rings (SSSR count). The molecule has 1 amide bonds. The van der Waals surface area contributed by atoms with Crippen LogP contribution in [-0.4, -0.2) is 11.9 Å². The van der Waals surface area contributed by atoms with Crippen molar-refractivity contribution in [2.75, 3.05) is 0 Å². The zero-order valence-corrected chi connectivity index (χ0v) is 12.6. The summed E-state index contributed by atoms with van der Waals surface area (Å²) in [6.45, 7) is 0. The van der Waals surface area contributed by atoms with Gasteiger partial charge < -0.3 is 5.32 Å². The molecule has 0 bridgehead atoms. The summed E-state index contributed by atoms with van der Waals surface area (Å²) in [5, 5.41) is 3.60. The minimum atomic E-state index is -0.0619. The van der Waals surface area contributed by atoms with Crippen molar-refractivity contribution in [1.29, 1.82) is 0 Å². The van der Waals surface area contributed by atoms with Crippen molar-refractivity contribution in [3.05, 3.63) is 33.3 Å². The lowest BCUT2D eigenvalue weighted by atomic mass is 10.1. The van der Waals surface area contributed by atoms with Crippen LogP contribution < -0.4 is 5.32 Å². The van der Waals surface area contributed by atoms with Gasteiger partial charge in [0.2, 0.25) is 0 Å². The molecule has 98 valence electrons. The van der Waals surface area contributed by atoms with Crippen molar-refractivity contribution in [2.45, 2.75) is 44.6 Å². The van der Waals surface area contributed by atoms with E-state index in [2.05, 4.69) is 21.2 Å². The van der Waals surface area contributed by atoms with E-state index in [4.69, 9.17) is 11.6 Å². The van der Waals surface area contributed by atoms with E-state index in [-0.39, 0.29) is 5.91 Å². The van der Waals surface area contributed by atoms with Gasteiger partial charge in [0, 0.05) is 10.5 Å². The Kier molecular flexibility index (Phi) is 5.07. The van der Waals surface area contributed by atoms with Crippen LogP contribution in [0.15, 0.2) is 22.7 Å². The van der Waals surface area contributed by atoms with E-state index in [0.717, 1.165) is 17.3 Å². The Hall–Kier alpha value is -0.540. The van der Waals surface area contributed by atoms with E-state index in [1.54, 1.807) is 12.1 Å². The molecule has 0 spiro atoms. The number of rotatable bonds is 2. The molecule has 0 unspecified atom stereocenters. The first-order chi connectivity index (χ1) is 8.66. The van der Waals surface area contributed by atoms with Crippen molar-refractivity contribution in [3.63, 3.8) is 0 Å². The minimum absolute atomic E-state index is 0.0619. The number of carbonyl (C=O) groups is 1. The van der Waals surface area contributed by atoms with Crippen LogP contribution in [-0.2, 0) is 0 Å². The number of carbonyl (C=O) groups excluding carboxylic acids is 1. The van der Waals surface area contributed by atoms with Crippen LogP contribution in [0.3, 0.4) is 0 Å². The lowest BCUT2D eigenvalue weighted by Gasteiger charge is -2.16. The van der Waals surface area contributed by atoms with Crippen LogP contribution in [0.4, 0.5) is 0 Å². The molecule has 1 fully saturated rings. The first-order valence-electron chi connectivity index (χ1n) is 6.43. The third-order valence-corrected chi connectivity index (χ3v) is 4.19. The van der Waals surface area contributed by atoms with Crippen molar-refractivity contribution in [1.82, 2.24) is 5.32 Å². The van der Waals surface area contributed by atoms with Gasteiger partial charge in [-0.2, -0.15) is 0 Å². The highest BCUT2D eigenvalue weighted by molar-refractivity contribution is 9.10. The molecule has 0 aromatic heterocycles. The molecule has 2 nitrogen and oxygen atoms in total. The number of halogens is 2. The Morgan fingerprint density at radius 2 is 1.89 bits per heavy atom. The summed E-state index contributed by atoms with van der Waals surface area (Å²) < 4.78 is 0.873. The zero-order chi connectivity index (χ0) is 13.0. The number of amides is 1. The Balaban J connectivity index is 2.04. The molecule has 0 radical (unpaired) electrons. The van der Waals surface area contributed by atoms with Gasteiger partial charge in [-0.25, -0.2) is 0 Å². The van der Waals surface area contributed by atoms with E-state index in [0.29, 0.717) is 16.6 Å². The summed E-state index contributed by atoms with van der Waals surface area (Å²) in [4.78, 5) is 12.2. The fraction of sp³-hybridized carbons (Fsp3) is 0.500. The van der Waals surface area contributed by atoms with Crippen molar-refractivity contribution in [3.8, 4) is 0 Å². The molecule has 1 aromatic carbocycles. The topological polar surface area (TPSA) is 29.1 Å². The smallest absolute Gasteiger partial charge is 0.253 e. The molecule has 0 aliphatic heterocycles. The summed E-state index contributed by atoms with van der Waals surface area (Å²) in [5.41, 5.74) is 0.551. The van der Waals surface area contributed by atoms with Crippen molar-refractivity contribution in [2.24, 2.45) is 0 Å². The van der Waals surface area contributed by atoms with E-state index in [1.807, 2.05) is 6.07 Å². The Bertz CT molecular complexity index is 428. The van der Waals surface area contributed by atoms with Gasteiger partial charge in [-0.3, -0.25) is 4.79 Å². The fourth-order valence-electron chi connectivity index (χ4n) is 2.36. The van der Waals surface area contributed by atoms with Crippen molar-refractivity contribution >= 4 is 33.4 Å². The van der Waals surface area contributed by atoms with Crippen LogP contribution >= 0.6 is 27.5 Å². The highest BCUT2D eigenvalue weighted by atomic mass is 79.9. The van der Waals surface area contributed by atoms with Crippen LogP contribution in [0.1, 0.15) is 48.9 Å². The summed E-state index contributed by atoms with van der Waals surface area (Å²) in [6.07, 6.45) is 7.14. The van der Waals surface area contributed by atoms with E-state index >= 15 is 0 Å². The zero-order valence-electron chi connectivity index (χ0n) is 10.2. The highest BCUT2D eigenvalue weighted by Gasteiger charge is 2.17. The summed E-state index contributed by atoms with van der Waals surface area (Å²) >= 11 is 9.42. The third kappa shape index (κ3) is 3.72. The van der Waals surface area contributed by atoms with Crippen LogP contribution in [0.25, 0.3) is 0 Å². The molecular formula is C14H17BrClNO. The van der Waals surface area contributed by atoms with Crippen LogP contribution in [0.5, 0.6) is 0 Å². The van der Waals surface area contributed by atoms with Crippen LogP contribution in [0, 0.1) is 0 Å². The van der Waals surface area contributed by atoms with Crippen molar-refractivity contribution < 1.29 is 4.79 Å². The lowest BCUT2D eigenvalue weighted by Crippen LogP contribution is -2.34.